The summed E-state index contributed by atoms with van der Waals surface area (Å²) in [6.07, 6.45) is 1.73. The van der Waals surface area contributed by atoms with Crippen LogP contribution in [0.3, 0.4) is 0 Å². The predicted molar refractivity (Wildman–Crippen MR) is 82.8 cm³/mol. The first-order chi connectivity index (χ1) is 10.9. The molecule has 2 aliphatic carbocycles. The third kappa shape index (κ3) is 4.22. The Labute approximate surface area is 135 Å². The number of carbonyl (C=O) groups excluding carboxylic acids is 1. The fraction of sp³-hybridized carbons (Fsp3) is 0.562. The van der Waals surface area contributed by atoms with Crippen LogP contribution in [0.5, 0.6) is 0 Å². The summed E-state index contributed by atoms with van der Waals surface area (Å²) in [5, 5.41) is 2.84. The SMILES string of the molecule is O=C(NC1CC2CC(CS(=O)(=O)F)CC21)OCc1ccccc1. The summed E-state index contributed by atoms with van der Waals surface area (Å²) in [6.45, 7) is 0.218. The normalized spacial score (nSPS) is 29.4. The van der Waals surface area contributed by atoms with Crippen molar-refractivity contribution in [3.63, 3.8) is 0 Å². The van der Waals surface area contributed by atoms with Crippen LogP contribution in [0.4, 0.5) is 8.68 Å². The maximum atomic E-state index is 12.8. The fourth-order valence-corrected chi connectivity index (χ4v) is 4.68. The first kappa shape index (κ1) is 16.2. The molecule has 0 radical (unpaired) electrons. The third-order valence-corrected chi connectivity index (χ3v) is 5.74. The van der Waals surface area contributed by atoms with Crippen LogP contribution < -0.4 is 5.32 Å². The lowest BCUT2D eigenvalue weighted by atomic mass is 9.71. The molecular weight excluding hydrogens is 321 g/mol. The van der Waals surface area contributed by atoms with E-state index in [9.17, 15) is 17.1 Å². The van der Waals surface area contributed by atoms with Crippen molar-refractivity contribution in [1.82, 2.24) is 5.32 Å². The number of hydrogen-bond donors (Lipinski definition) is 1. The number of amides is 1. The van der Waals surface area contributed by atoms with E-state index >= 15 is 0 Å². The van der Waals surface area contributed by atoms with E-state index < -0.39 is 22.1 Å². The molecule has 1 aromatic carbocycles. The van der Waals surface area contributed by atoms with Crippen LogP contribution in [0.2, 0.25) is 0 Å². The van der Waals surface area contributed by atoms with Gasteiger partial charge in [-0.05, 0) is 42.6 Å². The van der Waals surface area contributed by atoms with E-state index in [1.54, 1.807) is 0 Å². The van der Waals surface area contributed by atoms with Gasteiger partial charge in [0, 0.05) is 6.04 Å². The molecule has 2 fully saturated rings. The average Bonchev–Trinajstić information content (AvgIpc) is 2.79. The zero-order valence-corrected chi connectivity index (χ0v) is 13.5. The van der Waals surface area contributed by atoms with Crippen molar-refractivity contribution in [3.8, 4) is 0 Å². The fourth-order valence-electron chi connectivity index (χ4n) is 3.85. The predicted octanol–water partition coefficient (Wildman–Crippen LogP) is 2.63. The minimum Gasteiger partial charge on any atom is -0.445 e. The molecule has 4 unspecified atom stereocenters. The lowest BCUT2D eigenvalue weighted by molar-refractivity contribution is 0.0986. The van der Waals surface area contributed by atoms with Crippen molar-refractivity contribution in [2.24, 2.45) is 17.8 Å². The molecule has 1 aromatic rings. The molecule has 0 aliphatic heterocycles. The lowest BCUT2D eigenvalue weighted by Gasteiger charge is -2.40. The Morgan fingerprint density at radius 3 is 2.65 bits per heavy atom. The summed E-state index contributed by atoms with van der Waals surface area (Å²) >= 11 is 0. The van der Waals surface area contributed by atoms with E-state index in [0.29, 0.717) is 12.3 Å². The van der Waals surface area contributed by atoms with Gasteiger partial charge in [-0.2, -0.15) is 8.42 Å². The van der Waals surface area contributed by atoms with Gasteiger partial charge in [-0.1, -0.05) is 30.3 Å². The quantitative estimate of drug-likeness (QED) is 0.836. The zero-order valence-electron chi connectivity index (χ0n) is 12.7. The van der Waals surface area contributed by atoms with Crippen molar-refractivity contribution in [2.45, 2.75) is 31.9 Å². The topological polar surface area (TPSA) is 72.5 Å². The number of benzene rings is 1. The number of rotatable bonds is 5. The first-order valence-corrected chi connectivity index (χ1v) is 9.35. The van der Waals surface area contributed by atoms with Gasteiger partial charge in [-0.3, -0.25) is 0 Å². The second kappa shape index (κ2) is 6.47. The van der Waals surface area contributed by atoms with Crippen LogP contribution in [0.25, 0.3) is 0 Å². The Kier molecular flexibility index (Phi) is 4.57. The molecule has 0 spiro atoms. The molecule has 0 bridgehead atoms. The number of nitrogens with one attached hydrogen (secondary N) is 1. The molecule has 0 heterocycles. The maximum absolute atomic E-state index is 12.8. The van der Waals surface area contributed by atoms with Crippen LogP contribution in [0, 0.1) is 17.8 Å². The Morgan fingerprint density at radius 2 is 1.96 bits per heavy atom. The zero-order chi connectivity index (χ0) is 16.4. The van der Waals surface area contributed by atoms with E-state index in [2.05, 4.69) is 5.32 Å². The molecule has 2 aliphatic rings. The summed E-state index contributed by atoms with van der Waals surface area (Å²) in [5.41, 5.74) is 0.920. The Bertz CT molecular complexity index is 664. The second-order valence-electron chi connectivity index (χ2n) is 6.52. The summed E-state index contributed by atoms with van der Waals surface area (Å²) in [7, 11) is -4.42. The largest absolute Gasteiger partial charge is 0.445 e. The van der Waals surface area contributed by atoms with Gasteiger partial charge in [0.05, 0.1) is 5.75 Å². The third-order valence-electron chi connectivity index (χ3n) is 4.87. The van der Waals surface area contributed by atoms with Crippen LogP contribution in [-0.2, 0) is 21.6 Å². The van der Waals surface area contributed by atoms with Crippen LogP contribution in [-0.4, -0.2) is 26.3 Å². The molecule has 5 nitrogen and oxygen atoms in total. The smallest absolute Gasteiger partial charge is 0.407 e. The molecule has 0 saturated heterocycles. The molecular formula is C16H20FNO4S. The monoisotopic (exact) mass is 341 g/mol. The maximum Gasteiger partial charge on any atom is 0.407 e. The Morgan fingerprint density at radius 1 is 1.22 bits per heavy atom. The van der Waals surface area contributed by atoms with Gasteiger partial charge in [0.25, 0.3) is 0 Å². The van der Waals surface area contributed by atoms with Gasteiger partial charge in [0.15, 0.2) is 0 Å². The van der Waals surface area contributed by atoms with E-state index in [1.807, 2.05) is 30.3 Å². The molecule has 0 aromatic heterocycles. The Hall–Kier alpha value is -1.63. The van der Waals surface area contributed by atoms with Crippen molar-refractivity contribution in [2.75, 3.05) is 5.75 Å². The number of alkyl carbamates (subject to hydrolysis) is 1. The molecule has 2 saturated carbocycles. The molecule has 1 amide bonds. The van der Waals surface area contributed by atoms with E-state index in [1.165, 1.54) is 0 Å². The number of hydrogen-bond acceptors (Lipinski definition) is 4. The number of carbonyl (C=O) groups is 1. The van der Waals surface area contributed by atoms with Crippen LogP contribution in [0.15, 0.2) is 30.3 Å². The number of fused-ring (bicyclic) bond motifs is 1. The van der Waals surface area contributed by atoms with Gasteiger partial charge in [0.1, 0.15) is 6.61 Å². The van der Waals surface area contributed by atoms with Crippen molar-refractivity contribution < 1.29 is 21.8 Å². The highest BCUT2D eigenvalue weighted by atomic mass is 32.3. The standard InChI is InChI=1S/C16H20FNO4S/c17-23(20,21)10-12-6-13-8-15(14(13)7-12)18-16(19)22-9-11-4-2-1-3-5-11/h1-5,12-15H,6-10H2,(H,18,19). The van der Waals surface area contributed by atoms with Crippen molar-refractivity contribution in [3.05, 3.63) is 35.9 Å². The highest BCUT2D eigenvalue weighted by Gasteiger charge is 2.49. The van der Waals surface area contributed by atoms with Gasteiger partial charge in [-0.25, -0.2) is 4.79 Å². The minimum absolute atomic E-state index is 0.00980. The second-order valence-corrected chi connectivity index (χ2v) is 7.93. The van der Waals surface area contributed by atoms with Crippen LogP contribution >= 0.6 is 0 Å². The lowest BCUT2D eigenvalue weighted by Crippen LogP contribution is -2.50. The summed E-state index contributed by atoms with van der Waals surface area (Å²) in [5.74, 6) is 0.102. The summed E-state index contributed by atoms with van der Waals surface area (Å²) in [6, 6.07) is 9.43. The highest BCUT2D eigenvalue weighted by molar-refractivity contribution is 7.86. The minimum atomic E-state index is -4.42. The average molecular weight is 341 g/mol. The number of halogens is 1. The number of ether oxygens (including phenoxy) is 1. The highest BCUT2D eigenvalue weighted by Crippen LogP contribution is 2.50. The van der Waals surface area contributed by atoms with Gasteiger partial charge in [-0.15, -0.1) is 3.89 Å². The van der Waals surface area contributed by atoms with E-state index in [4.69, 9.17) is 4.74 Å². The molecule has 3 rings (SSSR count). The van der Waals surface area contributed by atoms with Gasteiger partial charge in [0.2, 0.25) is 0 Å². The molecule has 1 N–H and O–H groups in total. The summed E-state index contributed by atoms with van der Waals surface area (Å²) < 4.78 is 39.4. The van der Waals surface area contributed by atoms with Crippen molar-refractivity contribution in [1.29, 1.82) is 0 Å². The van der Waals surface area contributed by atoms with E-state index in [0.717, 1.165) is 18.4 Å². The Balaban J connectivity index is 1.43. The molecule has 4 atom stereocenters. The van der Waals surface area contributed by atoms with Gasteiger partial charge < -0.3 is 10.1 Å². The van der Waals surface area contributed by atoms with Gasteiger partial charge >= 0.3 is 16.3 Å². The summed E-state index contributed by atoms with van der Waals surface area (Å²) in [4.78, 5) is 11.8. The van der Waals surface area contributed by atoms with E-state index in [-0.39, 0.29) is 24.5 Å². The first-order valence-electron chi connectivity index (χ1n) is 7.80. The molecule has 7 heteroatoms. The molecule has 126 valence electrons. The molecule has 23 heavy (non-hydrogen) atoms. The van der Waals surface area contributed by atoms with Crippen molar-refractivity contribution >= 4 is 16.3 Å². The van der Waals surface area contributed by atoms with Crippen LogP contribution in [0.1, 0.15) is 24.8 Å².